The molecular weight excluding hydrogens is 330 g/mol. The third-order valence-corrected chi connectivity index (χ3v) is 7.13. The predicted octanol–water partition coefficient (Wildman–Crippen LogP) is 2.58. The molecule has 4 bridgehead atoms. The Labute approximate surface area is 154 Å². The molecule has 1 aliphatic heterocycles. The smallest absolute Gasteiger partial charge is 0.226 e. The fourth-order valence-corrected chi connectivity index (χ4v) is 6.69. The Balaban J connectivity index is 1.25. The van der Waals surface area contributed by atoms with Crippen LogP contribution in [0.4, 0.5) is 5.82 Å². The van der Waals surface area contributed by atoms with Crippen LogP contribution in [0.2, 0.25) is 0 Å². The lowest BCUT2D eigenvalue weighted by Gasteiger charge is -2.60. The number of carbonyl (C=O) groups is 1. The zero-order chi connectivity index (χ0) is 17.8. The maximum atomic E-state index is 12.8. The van der Waals surface area contributed by atoms with E-state index in [1.165, 1.54) is 6.42 Å². The molecule has 1 aromatic rings. The fraction of sp³-hybridized carbons (Fsp3) is 0.800. The molecule has 0 radical (unpaired) electrons. The first-order valence-electron chi connectivity index (χ1n) is 10.1. The summed E-state index contributed by atoms with van der Waals surface area (Å²) in [6.45, 7) is 2.39. The van der Waals surface area contributed by atoms with E-state index >= 15 is 0 Å². The molecule has 142 valence electrons. The number of carbonyl (C=O) groups excluding carboxylic acids is 1. The van der Waals surface area contributed by atoms with E-state index in [0.29, 0.717) is 24.2 Å². The van der Waals surface area contributed by atoms with E-state index in [-0.39, 0.29) is 11.3 Å². The van der Waals surface area contributed by atoms with Gasteiger partial charge in [-0.3, -0.25) is 4.79 Å². The van der Waals surface area contributed by atoms with Crippen molar-refractivity contribution in [2.75, 3.05) is 18.5 Å². The van der Waals surface area contributed by atoms with Crippen molar-refractivity contribution in [2.24, 2.45) is 23.2 Å². The molecule has 1 aromatic heterocycles. The van der Waals surface area contributed by atoms with Crippen LogP contribution in [0.15, 0.2) is 12.3 Å². The molecule has 3 unspecified atom stereocenters. The summed E-state index contributed by atoms with van der Waals surface area (Å²) in [4.78, 5) is 12.8. The van der Waals surface area contributed by atoms with Crippen LogP contribution in [0.25, 0.3) is 0 Å². The molecule has 2 heterocycles. The third-order valence-electron chi connectivity index (χ3n) is 7.13. The van der Waals surface area contributed by atoms with E-state index in [0.717, 1.165) is 64.1 Å². The maximum Gasteiger partial charge on any atom is 0.226 e. The third kappa shape index (κ3) is 3.07. The van der Waals surface area contributed by atoms with E-state index in [9.17, 15) is 9.90 Å². The summed E-state index contributed by atoms with van der Waals surface area (Å²) >= 11 is 0. The van der Waals surface area contributed by atoms with Gasteiger partial charge in [0, 0.05) is 31.6 Å². The molecule has 1 amide bonds. The average Bonchev–Trinajstić information content (AvgIpc) is 3.17. The second-order valence-corrected chi connectivity index (χ2v) is 9.54. The minimum atomic E-state index is -0.505. The van der Waals surface area contributed by atoms with Gasteiger partial charge in [-0.05, 0) is 62.2 Å². The summed E-state index contributed by atoms with van der Waals surface area (Å²) in [6.07, 6.45) is 9.50. The van der Waals surface area contributed by atoms with Crippen molar-refractivity contribution in [1.29, 1.82) is 0 Å². The maximum absolute atomic E-state index is 12.8. The monoisotopic (exact) mass is 359 g/mol. The molecule has 6 nitrogen and oxygen atoms in total. The normalized spacial score (nSPS) is 40.9. The van der Waals surface area contributed by atoms with Crippen molar-refractivity contribution >= 4 is 11.7 Å². The highest BCUT2D eigenvalue weighted by molar-refractivity contribution is 5.90. The lowest BCUT2D eigenvalue weighted by atomic mass is 9.47. The molecule has 5 aliphatic rings. The quantitative estimate of drug-likeness (QED) is 0.847. The van der Waals surface area contributed by atoms with Crippen LogP contribution >= 0.6 is 0 Å². The first kappa shape index (κ1) is 16.8. The average molecular weight is 359 g/mol. The summed E-state index contributed by atoms with van der Waals surface area (Å²) in [5.74, 6) is 2.55. The number of nitrogens with zero attached hydrogens (tertiary/aromatic N) is 2. The number of anilines is 1. The Bertz CT molecular complexity index is 680. The molecule has 6 heteroatoms. The molecule has 6 rings (SSSR count). The molecule has 26 heavy (non-hydrogen) atoms. The molecule has 0 aromatic carbocycles. The van der Waals surface area contributed by atoms with Crippen LogP contribution in [-0.4, -0.2) is 39.6 Å². The van der Waals surface area contributed by atoms with Gasteiger partial charge in [0.05, 0.1) is 18.4 Å². The molecular formula is C20H29N3O3. The predicted molar refractivity (Wildman–Crippen MR) is 96.5 cm³/mol. The Hall–Kier alpha value is -1.40. The lowest BCUT2D eigenvalue weighted by Crippen LogP contribution is -2.56. The Morgan fingerprint density at radius 1 is 1.35 bits per heavy atom. The molecule has 3 atom stereocenters. The highest BCUT2D eigenvalue weighted by Crippen LogP contribution is 2.62. The van der Waals surface area contributed by atoms with Gasteiger partial charge in [0.15, 0.2) is 0 Å². The van der Waals surface area contributed by atoms with Crippen molar-refractivity contribution < 1.29 is 14.6 Å². The Morgan fingerprint density at radius 2 is 2.15 bits per heavy atom. The van der Waals surface area contributed by atoms with Crippen molar-refractivity contribution in [3.05, 3.63) is 12.3 Å². The lowest BCUT2D eigenvalue weighted by molar-refractivity contribution is -0.167. The van der Waals surface area contributed by atoms with E-state index in [1.54, 1.807) is 6.20 Å². The zero-order valence-corrected chi connectivity index (χ0v) is 15.3. The van der Waals surface area contributed by atoms with Gasteiger partial charge in [-0.25, -0.2) is 4.68 Å². The molecule has 0 spiro atoms. The molecule has 4 saturated carbocycles. The second-order valence-electron chi connectivity index (χ2n) is 9.54. The Kier molecular flexibility index (Phi) is 3.90. The standard InChI is InChI=1S/C20H29N3O3/c24-18(22-17-1-3-21-23(17)11-14-2-4-26-12-14)10-19-6-15-5-16(7-19)9-20(25,8-15)13-19/h1,3,14-16,25H,2,4-13H2,(H,22,24). The van der Waals surface area contributed by atoms with Gasteiger partial charge < -0.3 is 15.2 Å². The fourth-order valence-electron chi connectivity index (χ4n) is 6.69. The van der Waals surface area contributed by atoms with Crippen LogP contribution in [-0.2, 0) is 16.1 Å². The highest BCUT2D eigenvalue weighted by Gasteiger charge is 2.57. The van der Waals surface area contributed by atoms with Gasteiger partial charge in [-0.1, -0.05) is 0 Å². The van der Waals surface area contributed by atoms with Crippen molar-refractivity contribution in [3.63, 3.8) is 0 Å². The van der Waals surface area contributed by atoms with Crippen molar-refractivity contribution in [3.8, 4) is 0 Å². The van der Waals surface area contributed by atoms with E-state index in [2.05, 4.69) is 10.4 Å². The molecule has 4 aliphatic carbocycles. The van der Waals surface area contributed by atoms with Gasteiger partial charge in [-0.2, -0.15) is 5.10 Å². The highest BCUT2D eigenvalue weighted by atomic mass is 16.5. The van der Waals surface area contributed by atoms with Crippen molar-refractivity contribution in [2.45, 2.75) is 63.5 Å². The second kappa shape index (κ2) is 6.06. The summed E-state index contributed by atoms with van der Waals surface area (Å²) in [5.41, 5.74) is -0.498. The number of aliphatic hydroxyl groups is 1. The van der Waals surface area contributed by atoms with Crippen LogP contribution in [0.3, 0.4) is 0 Å². The van der Waals surface area contributed by atoms with Crippen LogP contribution < -0.4 is 5.32 Å². The first-order chi connectivity index (χ1) is 12.5. The molecule has 2 N–H and O–H groups in total. The van der Waals surface area contributed by atoms with Gasteiger partial charge in [0.2, 0.25) is 5.91 Å². The molecule has 5 fully saturated rings. The number of nitrogens with one attached hydrogen (secondary N) is 1. The van der Waals surface area contributed by atoms with Crippen LogP contribution in [0.1, 0.15) is 51.4 Å². The summed E-state index contributed by atoms with van der Waals surface area (Å²) in [5, 5.41) is 18.4. The number of rotatable bonds is 5. The largest absolute Gasteiger partial charge is 0.390 e. The SMILES string of the molecule is O=C(CC12CC3CC(CC(O)(C3)C1)C2)Nc1ccnn1CC1CCOC1. The van der Waals surface area contributed by atoms with Gasteiger partial charge >= 0.3 is 0 Å². The summed E-state index contributed by atoms with van der Waals surface area (Å²) < 4.78 is 7.34. The molecule has 1 saturated heterocycles. The number of hydrogen-bond acceptors (Lipinski definition) is 4. The van der Waals surface area contributed by atoms with Crippen LogP contribution in [0, 0.1) is 23.2 Å². The summed E-state index contributed by atoms with van der Waals surface area (Å²) in [6, 6.07) is 1.88. The van der Waals surface area contributed by atoms with Gasteiger partial charge in [0.1, 0.15) is 5.82 Å². The number of amides is 1. The number of aromatic nitrogens is 2. The number of hydrogen-bond donors (Lipinski definition) is 2. The van der Waals surface area contributed by atoms with E-state index < -0.39 is 5.60 Å². The topological polar surface area (TPSA) is 76.4 Å². The Morgan fingerprint density at radius 3 is 2.85 bits per heavy atom. The van der Waals surface area contributed by atoms with Crippen LogP contribution in [0.5, 0.6) is 0 Å². The minimum Gasteiger partial charge on any atom is -0.390 e. The van der Waals surface area contributed by atoms with E-state index in [4.69, 9.17) is 4.74 Å². The zero-order valence-electron chi connectivity index (χ0n) is 15.3. The first-order valence-corrected chi connectivity index (χ1v) is 10.1. The van der Waals surface area contributed by atoms with E-state index in [1.807, 2.05) is 10.7 Å². The minimum absolute atomic E-state index is 0.00700. The van der Waals surface area contributed by atoms with Crippen molar-refractivity contribution in [1.82, 2.24) is 9.78 Å². The van der Waals surface area contributed by atoms with Gasteiger partial charge in [0.25, 0.3) is 0 Å². The van der Waals surface area contributed by atoms with Gasteiger partial charge in [-0.15, -0.1) is 0 Å². The number of ether oxygens (including phenoxy) is 1. The summed E-state index contributed by atoms with van der Waals surface area (Å²) in [7, 11) is 0.